The SMILES string of the molecule is NCCc1ccc(F)[c]n1. The minimum atomic E-state index is -0.430. The largest absolute Gasteiger partial charge is 0.330 e. The van der Waals surface area contributed by atoms with Crippen molar-refractivity contribution in [1.29, 1.82) is 0 Å². The van der Waals surface area contributed by atoms with Crippen molar-refractivity contribution < 1.29 is 4.39 Å². The topological polar surface area (TPSA) is 38.9 Å². The highest BCUT2D eigenvalue weighted by atomic mass is 19.1. The van der Waals surface area contributed by atoms with Gasteiger partial charge in [-0.15, -0.1) is 0 Å². The van der Waals surface area contributed by atoms with Gasteiger partial charge >= 0.3 is 0 Å². The Kier molecular flexibility index (Phi) is 2.34. The number of hydrogen-bond acceptors (Lipinski definition) is 2. The number of pyridine rings is 1. The predicted octanol–water partition coefficient (Wildman–Crippen LogP) is 0.522. The maximum atomic E-state index is 12.2. The van der Waals surface area contributed by atoms with E-state index in [0.29, 0.717) is 13.0 Å². The van der Waals surface area contributed by atoms with Gasteiger partial charge in [0, 0.05) is 12.1 Å². The van der Waals surface area contributed by atoms with E-state index in [2.05, 4.69) is 11.2 Å². The molecule has 53 valence electrons. The molecule has 2 N–H and O–H groups in total. The molecule has 1 rings (SSSR count). The molecule has 10 heavy (non-hydrogen) atoms. The number of nitrogens with two attached hydrogens (primary N) is 1. The zero-order chi connectivity index (χ0) is 7.40. The lowest BCUT2D eigenvalue weighted by atomic mass is 10.3. The monoisotopic (exact) mass is 139 g/mol. The third kappa shape index (κ3) is 1.77. The van der Waals surface area contributed by atoms with Gasteiger partial charge in [0.25, 0.3) is 0 Å². The molecule has 0 unspecified atom stereocenters. The maximum Gasteiger partial charge on any atom is 0.151 e. The molecule has 1 aromatic heterocycles. The number of nitrogens with zero attached hydrogens (tertiary/aromatic N) is 1. The van der Waals surface area contributed by atoms with Crippen LogP contribution in [0.3, 0.4) is 0 Å². The van der Waals surface area contributed by atoms with Crippen molar-refractivity contribution in [1.82, 2.24) is 4.98 Å². The summed E-state index contributed by atoms with van der Waals surface area (Å²) in [5, 5.41) is 0. The van der Waals surface area contributed by atoms with Crippen LogP contribution in [0.25, 0.3) is 0 Å². The molecular formula is C7H8FN2. The standard InChI is InChI=1S/C7H8FN2/c8-6-1-2-7(3-4-9)10-5-6/h1-2H,3-4,9H2. The third-order valence-corrected chi connectivity index (χ3v) is 1.13. The van der Waals surface area contributed by atoms with E-state index in [0.717, 1.165) is 5.69 Å². The lowest BCUT2D eigenvalue weighted by Crippen LogP contribution is -2.04. The van der Waals surface area contributed by atoms with Crippen LogP contribution in [0.4, 0.5) is 4.39 Å². The molecule has 1 radical (unpaired) electrons. The molecule has 0 amide bonds. The van der Waals surface area contributed by atoms with Crippen molar-refractivity contribution >= 4 is 0 Å². The first-order valence-electron chi connectivity index (χ1n) is 3.06. The molecule has 0 aromatic carbocycles. The summed E-state index contributed by atoms with van der Waals surface area (Å²) in [5.41, 5.74) is 6.03. The molecule has 0 bridgehead atoms. The second-order valence-corrected chi connectivity index (χ2v) is 1.93. The van der Waals surface area contributed by atoms with Gasteiger partial charge in [0.2, 0.25) is 0 Å². The number of aromatic nitrogens is 1. The van der Waals surface area contributed by atoms with Gasteiger partial charge in [-0.2, -0.15) is 0 Å². The summed E-state index contributed by atoms with van der Waals surface area (Å²) in [6, 6.07) is 2.94. The zero-order valence-electron chi connectivity index (χ0n) is 5.47. The predicted molar refractivity (Wildman–Crippen MR) is 35.8 cm³/mol. The van der Waals surface area contributed by atoms with Crippen LogP contribution in [0.1, 0.15) is 5.69 Å². The van der Waals surface area contributed by atoms with Crippen LogP contribution in [-0.2, 0) is 6.42 Å². The van der Waals surface area contributed by atoms with Gasteiger partial charge in [-0.3, -0.25) is 0 Å². The normalized spacial score (nSPS) is 9.80. The molecule has 3 heteroatoms. The lowest BCUT2D eigenvalue weighted by Gasteiger charge is -1.93. The van der Waals surface area contributed by atoms with Crippen molar-refractivity contribution in [3.63, 3.8) is 0 Å². The van der Waals surface area contributed by atoms with Crippen LogP contribution >= 0.6 is 0 Å². The Bertz CT molecular complexity index is 195. The first-order chi connectivity index (χ1) is 4.83. The summed E-state index contributed by atoms with van der Waals surface area (Å²) >= 11 is 0. The highest BCUT2D eigenvalue weighted by Gasteiger charge is 1.92. The number of rotatable bonds is 2. The fourth-order valence-corrected chi connectivity index (χ4v) is 0.656. The van der Waals surface area contributed by atoms with Crippen molar-refractivity contribution in [2.24, 2.45) is 5.73 Å². The Balaban J connectivity index is 2.69. The van der Waals surface area contributed by atoms with E-state index in [1.165, 1.54) is 6.07 Å². The molecule has 1 heterocycles. The van der Waals surface area contributed by atoms with E-state index in [9.17, 15) is 4.39 Å². The van der Waals surface area contributed by atoms with Crippen LogP contribution in [-0.4, -0.2) is 11.5 Å². The minimum absolute atomic E-state index is 0.430. The number of hydrogen-bond donors (Lipinski definition) is 1. The summed E-state index contributed by atoms with van der Waals surface area (Å²) in [5.74, 6) is -0.430. The molecule has 0 atom stereocenters. The Morgan fingerprint density at radius 3 is 2.90 bits per heavy atom. The lowest BCUT2D eigenvalue weighted by molar-refractivity contribution is 0.616. The van der Waals surface area contributed by atoms with Crippen molar-refractivity contribution in [2.45, 2.75) is 6.42 Å². The van der Waals surface area contributed by atoms with Gasteiger partial charge in [0.1, 0.15) is 6.20 Å². The minimum Gasteiger partial charge on any atom is -0.330 e. The molecule has 0 aliphatic rings. The average molecular weight is 139 g/mol. The van der Waals surface area contributed by atoms with E-state index in [4.69, 9.17) is 5.73 Å². The van der Waals surface area contributed by atoms with Gasteiger partial charge in [-0.25, -0.2) is 9.37 Å². The Labute approximate surface area is 58.9 Å². The second kappa shape index (κ2) is 3.27. The molecular weight excluding hydrogens is 131 g/mol. The summed E-state index contributed by atoms with van der Waals surface area (Å²) in [7, 11) is 0. The second-order valence-electron chi connectivity index (χ2n) is 1.93. The van der Waals surface area contributed by atoms with E-state index in [1.807, 2.05) is 0 Å². The van der Waals surface area contributed by atoms with E-state index in [1.54, 1.807) is 6.07 Å². The molecule has 0 aliphatic heterocycles. The van der Waals surface area contributed by atoms with Gasteiger partial charge in [-0.05, 0) is 18.7 Å². The van der Waals surface area contributed by atoms with Gasteiger partial charge < -0.3 is 5.73 Å². The molecule has 0 fully saturated rings. The average Bonchev–Trinajstić information content (AvgIpc) is 1.95. The molecule has 0 saturated carbocycles. The summed E-state index contributed by atoms with van der Waals surface area (Å²) in [6.07, 6.45) is 2.89. The highest BCUT2D eigenvalue weighted by Crippen LogP contribution is 1.96. The molecule has 1 aromatic rings. The van der Waals surface area contributed by atoms with Gasteiger partial charge in [0.05, 0.1) is 0 Å². The summed E-state index contributed by atoms with van der Waals surface area (Å²) in [6.45, 7) is 0.534. The zero-order valence-corrected chi connectivity index (χ0v) is 5.47. The molecule has 2 nitrogen and oxygen atoms in total. The maximum absolute atomic E-state index is 12.2. The smallest absolute Gasteiger partial charge is 0.151 e. The van der Waals surface area contributed by atoms with Crippen LogP contribution < -0.4 is 5.73 Å². The summed E-state index contributed by atoms with van der Waals surface area (Å²) < 4.78 is 12.2. The Morgan fingerprint density at radius 2 is 2.40 bits per heavy atom. The first-order valence-corrected chi connectivity index (χ1v) is 3.06. The molecule has 0 aliphatic carbocycles. The van der Waals surface area contributed by atoms with Crippen LogP contribution in [0.2, 0.25) is 0 Å². The van der Waals surface area contributed by atoms with E-state index >= 15 is 0 Å². The van der Waals surface area contributed by atoms with E-state index in [-0.39, 0.29) is 0 Å². The molecule has 0 spiro atoms. The van der Waals surface area contributed by atoms with Gasteiger partial charge in [-0.1, -0.05) is 0 Å². The molecule has 0 saturated heterocycles. The Hall–Kier alpha value is -0.960. The van der Waals surface area contributed by atoms with Crippen LogP contribution in [0.15, 0.2) is 12.1 Å². The van der Waals surface area contributed by atoms with Crippen LogP contribution in [0, 0.1) is 12.0 Å². The Morgan fingerprint density at radius 1 is 1.60 bits per heavy atom. The number of halogens is 1. The quantitative estimate of drug-likeness (QED) is 0.648. The fraction of sp³-hybridized carbons (Fsp3) is 0.286. The van der Waals surface area contributed by atoms with E-state index < -0.39 is 5.82 Å². The van der Waals surface area contributed by atoms with Crippen molar-refractivity contribution in [3.8, 4) is 0 Å². The fourth-order valence-electron chi connectivity index (χ4n) is 0.656. The highest BCUT2D eigenvalue weighted by molar-refractivity contribution is 5.04. The van der Waals surface area contributed by atoms with Crippen molar-refractivity contribution in [3.05, 3.63) is 29.8 Å². The van der Waals surface area contributed by atoms with Crippen molar-refractivity contribution in [2.75, 3.05) is 6.54 Å². The van der Waals surface area contributed by atoms with Crippen LogP contribution in [0.5, 0.6) is 0 Å². The van der Waals surface area contributed by atoms with Gasteiger partial charge in [0.15, 0.2) is 5.82 Å². The first kappa shape index (κ1) is 7.15. The summed E-state index contributed by atoms with van der Waals surface area (Å²) in [4.78, 5) is 3.69. The third-order valence-electron chi connectivity index (χ3n) is 1.13.